The molecule has 4 aromatic rings. The first-order valence-corrected chi connectivity index (χ1v) is 13.6. The predicted octanol–water partition coefficient (Wildman–Crippen LogP) is 6.15. The summed E-state index contributed by atoms with van der Waals surface area (Å²) in [7, 11) is 4.66. The molecule has 0 unspecified atom stereocenters. The van der Waals surface area contributed by atoms with Crippen molar-refractivity contribution in [3.05, 3.63) is 45.8 Å². The standard InChI is InChI=1S/C24H23Cl2N5O4S2/c1-5-31-22(13-8-18(33-2)21(35-4)19(9-13)34-3)29-30-24(31)37-12-20(32)28-23-27-17(11-36-23)15-7-6-14(25)10-16(15)26/h6-11H,5,12H2,1-4H3,(H,27,28,32). The van der Waals surface area contributed by atoms with Gasteiger partial charge in [-0.1, -0.05) is 35.0 Å². The van der Waals surface area contributed by atoms with Crippen LogP contribution in [0.2, 0.25) is 10.0 Å². The molecular weight excluding hydrogens is 557 g/mol. The van der Waals surface area contributed by atoms with Crippen molar-refractivity contribution in [2.24, 2.45) is 0 Å². The zero-order valence-electron chi connectivity index (χ0n) is 20.4. The highest BCUT2D eigenvalue weighted by Crippen LogP contribution is 2.41. The van der Waals surface area contributed by atoms with Gasteiger partial charge in [0.25, 0.3) is 0 Å². The Morgan fingerprint density at radius 3 is 2.43 bits per heavy atom. The molecule has 0 saturated heterocycles. The number of hydrogen-bond donors (Lipinski definition) is 1. The molecule has 0 aliphatic heterocycles. The molecule has 1 N–H and O–H groups in total. The van der Waals surface area contributed by atoms with Gasteiger partial charge in [-0.3, -0.25) is 4.79 Å². The lowest BCUT2D eigenvalue weighted by molar-refractivity contribution is -0.113. The van der Waals surface area contributed by atoms with Gasteiger partial charge in [0.2, 0.25) is 11.7 Å². The second-order valence-corrected chi connectivity index (χ2v) is 10.1. The van der Waals surface area contributed by atoms with Gasteiger partial charge >= 0.3 is 0 Å². The maximum Gasteiger partial charge on any atom is 0.236 e. The number of methoxy groups -OCH3 is 3. The first-order valence-electron chi connectivity index (χ1n) is 11.0. The summed E-state index contributed by atoms with van der Waals surface area (Å²) in [6.07, 6.45) is 0. The molecule has 1 amide bonds. The molecule has 0 radical (unpaired) electrons. The van der Waals surface area contributed by atoms with E-state index in [1.54, 1.807) is 39.5 Å². The molecule has 194 valence electrons. The smallest absolute Gasteiger partial charge is 0.236 e. The van der Waals surface area contributed by atoms with E-state index in [2.05, 4.69) is 20.5 Å². The van der Waals surface area contributed by atoms with E-state index >= 15 is 0 Å². The van der Waals surface area contributed by atoms with Crippen LogP contribution in [0.3, 0.4) is 0 Å². The Morgan fingerprint density at radius 2 is 1.81 bits per heavy atom. The summed E-state index contributed by atoms with van der Waals surface area (Å²) < 4.78 is 18.2. The Bertz CT molecular complexity index is 1400. The first kappa shape index (κ1) is 27.1. The van der Waals surface area contributed by atoms with Crippen LogP contribution in [-0.4, -0.2) is 52.7 Å². The maximum absolute atomic E-state index is 12.6. The van der Waals surface area contributed by atoms with E-state index < -0.39 is 0 Å². The number of ether oxygens (including phenoxy) is 3. The van der Waals surface area contributed by atoms with Crippen molar-refractivity contribution in [1.82, 2.24) is 19.7 Å². The maximum atomic E-state index is 12.6. The molecule has 0 atom stereocenters. The van der Waals surface area contributed by atoms with Crippen LogP contribution in [0.15, 0.2) is 40.9 Å². The monoisotopic (exact) mass is 579 g/mol. The zero-order chi connectivity index (χ0) is 26.5. The highest BCUT2D eigenvalue weighted by atomic mass is 35.5. The normalized spacial score (nSPS) is 10.9. The average Bonchev–Trinajstić information content (AvgIpc) is 3.53. The molecule has 0 spiro atoms. The molecule has 0 aliphatic rings. The van der Waals surface area contributed by atoms with Crippen LogP contribution >= 0.6 is 46.3 Å². The molecule has 9 nitrogen and oxygen atoms in total. The largest absolute Gasteiger partial charge is 0.493 e. The van der Waals surface area contributed by atoms with Crippen molar-refractivity contribution in [2.45, 2.75) is 18.6 Å². The fourth-order valence-electron chi connectivity index (χ4n) is 3.54. The van der Waals surface area contributed by atoms with Crippen LogP contribution in [0, 0.1) is 0 Å². The van der Waals surface area contributed by atoms with Gasteiger partial charge in [0, 0.05) is 28.1 Å². The molecule has 2 heterocycles. The third-order valence-corrected chi connectivity index (χ3v) is 7.52. The zero-order valence-corrected chi connectivity index (χ0v) is 23.5. The van der Waals surface area contributed by atoms with Gasteiger partial charge in [0.15, 0.2) is 27.6 Å². The highest BCUT2D eigenvalue weighted by molar-refractivity contribution is 7.99. The van der Waals surface area contributed by atoms with Gasteiger partial charge in [-0.2, -0.15) is 0 Å². The van der Waals surface area contributed by atoms with E-state index in [4.69, 9.17) is 37.4 Å². The first-order chi connectivity index (χ1) is 17.9. The van der Waals surface area contributed by atoms with Crippen molar-refractivity contribution in [1.29, 1.82) is 0 Å². The van der Waals surface area contributed by atoms with Crippen LogP contribution in [0.25, 0.3) is 22.6 Å². The van der Waals surface area contributed by atoms with Crippen LogP contribution in [0.1, 0.15) is 6.92 Å². The summed E-state index contributed by atoms with van der Waals surface area (Å²) in [5.74, 6) is 2.05. The van der Waals surface area contributed by atoms with Gasteiger partial charge in [0.1, 0.15) is 0 Å². The van der Waals surface area contributed by atoms with Crippen molar-refractivity contribution < 1.29 is 19.0 Å². The lowest BCUT2D eigenvalue weighted by Gasteiger charge is -2.14. The van der Waals surface area contributed by atoms with E-state index in [0.717, 1.165) is 11.1 Å². The Labute approximate surface area is 232 Å². The van der Waals surface area contributed by atoms with E-state index in [1.807, 2.05) is 29.0 Å². The number of halogens is 2. The third-order valence-electron chi connectivity index (χ3n) is 5.25. The molecule has 0 fully saturated rings. The number of carbonyl (C=O) groups is 1. The summed E-state index contributed by atoms with van der Waals surface area (Å²) >= 11 is 14.8. The number of thioether (sulfide) groups is 1. The van der Waals surface area contributed by atoms with Crippen LogP contribution < -0.4 is 19.5 Å². The minimum absolute atomic E-state index is 0.129. The SMILES string of the molecule is CCn1c(SCC(=O)Nc2nc(-c3ccc(Cl)cc3Cl)cs2)nnc1-c1cc(OC)c(OC)c(OC)c1. The summed E-state index contributed by atoms with van der Waals surface area (Å²) in [4.78, 5) is 17.1. The molecule has 0 aliphatic carbocycles. The van der Waals surface area contributed by atoms with Gasteiger partial charge in [-0.05, 0) is 37.3 Å². The number of amides is 1. The Balaban J connectivity index is 1.46. The fourth-order valence-corrected chi connectivity index (χ4v) is 5.58. The summed E-state index contributed by atoms with van der Waals surface area (Å²) in [6.45, 7) is 2.58. The second-order valence-electron chi connectivity index (χ2n) is 7.46. The van der Waals surface area contributed by atoms with E-state index in [0.29, 0.717) is 55.6 Å². The number of thiazole rings is 1. The number of hydrogen-bond acceptors (Lipinski definition) is 9. The summed E-state index contributed by atoms with van der Waals surface area (Å²) in [6, 6.07) is 8.82. The quantitative estimate of drug-likeness (QED) is 0.223. The number of nitrogens with one attached hydrogen (secondary N) is 1. The van der Waals surface area contributed by atoms with Gasteiger partial charge in [-0.15, -0.1) is 21.5 Å². The number of nitrogens with zero attached hydrogens (tertiary/aromatic N) is 4. The number of carbonyl (C=O) groups excluding carboxylic acids is 1. The lowest BCUT2D eigenvalue weighted by atomic mass is 10.1. The Morgan fingerprint density at radius 1 is 1.08 bits per heavy atom. The van der Waals surface area contributed by atoms with Gasteiger partial charge in [-0.25, -0.2) is 4.98 Å². The molecule has 2 aromatic carbocycles. The number of anilines is 1. The topological polar surface area (TPSA) is 100 Å². The second kappa shape index (κ2) is 12.0. The molecule has 13 heteroatoms. The molecular formula is C24H23Cl2N5O4S2. The summed E-state index contributed by atoms with van der Waals surface area (Å²) in [5, 5.41) is 15.4. The van der Waals surface area contributed by atoms with Crippen LogP contribution in [0.5, 0.6) is 17.2 Å². The van der Waals surface area contributed by atoms with Crippen molar-refractivity contribution in [3.8, 4) is 39.9 Å². The third kappa shape index (κ3) is 5.96. The number of rotatable bonds is 10. The Hall–Kier alpha value is -2.99. The van der Waals surface area contributed by atoms with E-state index in [1.165, 1.54) is 23.1 Å². The minimum atomic E-state index is -0.215. The molecule has 0 bridgehead atoms. The number of aromatic nitrogens is 4. The number of benzene rings is 2. The summed E-state index contributed by atoms with van der Waals surface area (Å²) in [5.41, 5.74) is 2.15. The predicted molar refractivity (Wildman–Crippen MR) is 148 cm³/mol. The molecule has 4 rings (SSSR count). The minimum Gasteiger partial charge on any atom is -0.493 e. The highest BCUT2D eigenvalue weighted by Gasteiger charge is 2.20. The van der Waals surface area contributed by atoms with Crippen molar-refractivity contribution >= 4 is 57.3 Å². The molecule has 2 aromatic heterocycles. The van der Waals surface area contributed by atoms with Gasteiger partial charge in [0.05, 0.1) is 37.8 Å². The fraction of sp³-hybridized carbons (Fsp3) is 0.250. The van der Waals surface area contributed by atoms with Crippen LogP contribution in [0.4, 0.5) is 5.13 Å². The van der Waals surface area contributed by atoms with E-state index in [9.17, 15) is 4.79 Å². The average molecular weight is 581 g/mol. The van der Waals surface area contributed by atoms with Crippen LogP contribution in [-0.2, 0) is 11.3 Å². The molecule has 37 heavy (non-hydrogen) atoms. The van der Waals surface area contributed by atoms with Crippen molar-refractivity contribution in [3.63, 3.8) is 0 Å². The van der Waals surface area contributed by atoms with Gasteiger partial charge < -0.3 is 24.1 Å². The lowest BCUT2D eigenvalue weighted by Crippen LogP contribution is -2.14. The molecule has 0 saturated carbocycles. The van der Waals surface area contributed by atoms with Crippen molar-refractivity contribution in [2.75, 3.05) is 32.4 Å². The van der Waals surface area contributed by atoms with E-state index in [-0.39, 0.29) is 11.7 Å². The Kier molecular flexibility index (Phi) is 8.80.